The topological polar surface area (TPSA) is 58.2 Å². The van der Waals surface area contributed by atoms with Crippen LogP contribution in [0.4, 0.5) is 4.79 Å². The summed E-state index contributed by atoms with van der Waals surface area (Å²) in [4.78, 5) is 22.7. The second kappa shape index (κ2) is 4.49. The van der Waals surface area contributed by atoms with Crippen molar-refractivity contribution in [2.45, 2.75) is 25.3 Å². The third-order valence-electron chi connectivity index (χ3n) is 2.97. The van der Waals surface area contributed by atoms with Crippen molar-refractivity contribution in [1.82, 2.24) is 10.6 Å². The van der Waals surface area contributed by atoms with E-state index in [2.05, 4.69) is 26.6 Å². The molecule has 0 radical (unpaired) electrons. The Labute approximate surface area is 108 Å². The lowest BCUT2D eigenvalue weighted by molar-refractivity contribution is -0.123. The third kappa shape index (κ3) is 2.49. The van der Waals surface area contributed by atoms with Gasteiger partial charge in [0.15, 0.2) is 0 Å². The van der Waals surface area contributed by atoms with Gasteiger partial charge in [0.25, 0.3) is 5.91 Å². The van der Waals surface area contributed by atoms with Gasteiger partial charge in [-0.2, -0.15) is 0 Å². The van der Waals surface area contributed by atoms with Gasteiger partial charge in [-0.1, -0.05) is 34.1 Å². The highest BCUT2D eigenvalue weighted by atomic mass is 79.9. The summed E-state index contributed by atoms with van der Waals surface area (Å²) < 4.78 is 1.02. The highest BCUT2D eigenvalue weighted by Gasteiger charge is 2.41. The molecular formula is C12H13BrN2O2. The number of amides is 3. The maximum atomic E-state index is 11.6. The van der Waals surface area contributed by atoms with Crippen LogP contribution >= 0.6 is 15.9 Å². The van der Waals surface area contributed by atoms with Crippen molar-refractivity contribution >= 4 is 27.9 Å². The summed E-state index contributed by atoms with van der Waals surface area (Å²) in [5.41, 5.74) is 0.328. The zero-order valence-corrected chi connectivity index (χ0v) is 11.0. The molecule has 1 fully saturated rings. The Bertz CT molecular complexity index is 475. The van der Waals surface area contributed by atoms with Crippen molar-refractivity contribution in [3.8, 4) is 0 Å². The fourth-order valence-electron chi connectivity index (χ4n) is 1.84. The molecule has 0 spiro atoms. The van der Waals surface area contributed by atoms with E-state index < -0.39 is 11.6 Å². The molecule has 0 bridgehead atoms. The highest BCUT2D eigenvalue weighted by molar-refractivity contribution is 9.10. The summed E-state index contributed by atoms with van der Waals surface area (Å²) >= 11 is 3.46. The van der Waals surface area contributed by atoms with Gasteiger partial charge >= 0.3 is 6.03 Å². The van der Waals surface area contributed by atoms with Gasteiger partial charge in [0, 0.05) is 4.47 Å². The number of carbonyl (C=O) groups is 2. The fraction of sp³-hybridized carbons (Fsp3) is 0.333. The molecule has 5 heteroatoms. The minimum absolute atomic E-state index is 0.255. The van der Waals surface area contributed by atoms with Gasteiger partial charge in [0.1, 0.15) is 5.54 Å². The van der Waals surface area contributed by atoms with Gasteiger partial charge in [-0.05, 0) is 31.4 Å². The van der Waals surface area contributed by atoms with Crippen LogP contribution in [-0.2, 0) is 11.2 Å². The molecule has 0 aromatic heterocycles. The minimum atomic E-state index is -0.799. The summed E-state index contributed by atoms with van der Waals surface area (Å²) in [6.07, 6.45) is 1.30. The SMILES string of the molecule is C[C@]1(CCc2ccccc2Br)NC(=O)NC1=O. The molecule has 1 atom stereocenters. The number of imide groups is 1. The highest BCUT2D eigenvalue weighted by Crippen LogP contribution is 2.22. The van der Waals surface area contributed by atoms with Crippen LogP contribution in [-0.4, -0.2) is 17.5 Å². The van der Waals surface area contributed by atoms with Crippen LogP contribution < -0.4 is 10.6 Å². The van der Waals surface area contributed by atoms with Crippen molar-refractivity contribution in [1.29, 1.82) is 0 Å². The Balaban J connectivity index is 2.06. The van der Waals surface area contributed by atoms with Crippen molar-refractivity contribution < 1.29 is 9.59 Å². The predicted molar refractivity (Wildman–Crippen MR) is 67.5 cm³/mol. The standard InChI is InChI=1S/C12H13BrN2O2/c1-12(10(16)14-11(17)15-12)7-6-8-4-2-3-5-9(8)13/h2-5H,6-7H2,1H3,(H2,14,15,16,17)/t12-/m1/s1. The zero-order chi connectivity index (χ0) is 12.5. The number of benzene rings is 1. The molecule has 4 nitrogen and oxygen atoms in total. The first-order valence-corrected chi connectivity index (χ1v) is 6.17. The molecular weight excluding hydrogens is 284 g/mol. The summed E-state index contributed by atoms with van der Waals surface area (Å²) in [5.74, 6) is -0.255. The molecule has 90 valence electrons. The monoisotopic (exact) mass is 296 g/mol. The third-order valence-corrected chi connectivity index (χ3v) is 3.74. The molecule has 2 N–H and O–H groups in total. The second-order valence-electron chi connectivity index (χ2n) is 4.33. The van der Waals surface area contributed by atoms with Gasteiger partial charge in [-0.15, -0.1) is 0 Å². The average molecular weight is 297 g/mol. The van der Waals surface area contributed by atoms with E-state index in [-0.39, 0.29) is 5.91 Å². The first-order valence-electron chi connectivity index (χ1n) is 5.38. The Morgan fingerprint density at radius 1 is 1.29 bits per heavy atom. The van der Waals surface area contributed by atoms with E-state index in [1.165, 1.54) is 0 Å². The van der Waals surface area contributed by atoms with Crippen LogP contribution in [0.15, 0.2) is 28.7 Å². The maximum absolute atomic E-state index is 11.6. The number of halogens is 1. The van der Waals surface area contributed by atoms with Gasteiger partial charge < -0.3 is 5.32 Å². The van der Waals surface area contributed by atoms with E-state index >= 15 is 0 Å². The van der Waals surface area contributed by atoms with Crippen LogP contribution in [0.1, 0.15) is 18.9 Å². The number of hydrogen-bond donors (Lipinski definition) is 2. The molecule has 0 saturated carbocycles. The lowest BCUT2D eigenvalue weighted by Gasteiger charge is -2.20. The summed E-state index contributed by atoms with van der Waals surface area (Å²) in [5, 5.41) is 4.91. The number of urea groups is 1. The molecule has 3 amide bonds. The molecule has 1 aliphatic heterocycles. The van der Waals surface area contributed by atoms with Crippen LogP contribution in [0.2, 0.25) is 0 Å². The predicted octanol–water partition coefficient (Wildman–Crippen LogP) is 1.98. The Morgan fingerprint density at radius 3 is 2.59 bits per heavy atom. The molecule has 17 heavy (non-hydrogen) atoms. The molecule has 1 aromatic rings. The van der Waals surface area contributed by atoms with Crippen molar-refractivity contribution in [2.75, 3.05) is 0 Å². The summed E-state index contributed by atoms with van der Waals surface area (Å²) in [6, 6.07) is 7.45. The van der Waals surface area contributed by atoms with Crippen molar-refractivity contribution in [2.24, 2.45) is 0 Å². The van der Waals surface area contributed by atoms with Crippen molar-refractivity contribution in [3.63, 3.8) is 0 Å². The second-order valence-corrected chi connectivity index (χ2v) is 5.19. The van der Waals surface area contributed by atoms with Gasteiger partial charge in [0.2, 0.25) is 0 Å². The van der Waals surface area contributed by atoms with E-state index in [4.69, 9.17) is 0 Å². The number of carbonyl (C=O) groups excluding carboxylic acids is 2. The molecule has 1 aliphatic rings. The van der Waals surface area contributed by atoms with Crippen LogP contribution in [0.25, 0.3) is 0 Å². The normalized spacial score (nSPS) is 23.4. The fourth-order valence-corrected chi connectivity index (χ4v) is 2.32. The number of aryl methyl sites for hydroxylation is 1. The van der Waals surface area contributed by atoms with E-state index in [0.717, 1.165) is 16.5 Å². The molecule has 0 unspecified atom stereocenters. The van der Waals surface area contributed by atoms with Gasteiger partial charge in [-0.3, -0.25) is 10.1 Å². The van der Waals surface area contributed by atoms with Crippen LogP contribution in [0.3, 0.4) is 0 Å². The van der Waals surface area contributed by atoms with Gasteiger partial charge in [0.05, 0.1) is 0 Å². The quantitative estimate of drug-likeness (QED) is 0.838. The Hall–Kier alpha value is -1.36. The first kappa shape index (κ1) is 12.1. The largest absolute Gasteiger partial charge is 0.324 e. The van der Waals surface area contributed by atoms with Gasteiger partial charge in [-0.25, -0.2) is 4.79 Å². The average Bonchev–Trinajstić information content (AvgIpc) is 2.52. The first-order chi connectivity index (χ1) is 8.01. The lowest BCUT2D eigenvalue weighted by atomic mass is 9.93. The Kier molecular flexibility index (Phi) is 3.19. The molecule has 1 heterocycles. The smallest absolute Gasteiger partial charge is 0.322 e. The zero-order valence-electron chi connectivity index (χ0n) is 9.42. The molecule has 2 rings (SSSR count). The van der Waals surface area contributed by atoms with Crippen LogP contribution in [0, 0.1) is 0 Å². The van der Waals surface area contributed by atoms with E-state index in [1.807, 2.05) is 24.3 Å². The van der Waals surface area contributed by atoms with E-state index in [0.29, 0.717) is 6.42 Å². The summed E-state index contributed by atoms with van der Waals surface area (Å²) in [7, 11) is 0. The summed E-state index contributed by atoms with van der Waals surface area (Å²) in [6.45, 7) is 1.74. The molecule has 1 saturated heterocycles. The molecule has 1 aromatic carbocycles. The number of nitrogens with one attached hydrogen (secondary N) is 2. The minimum Gasteiger partial charge on any atom is -0.324 e. The Morgan fingerprint density at radius 2 is 2.00 bits per heavy atom. The van der Waals surface area contributed by atoms with E-state index in [1.54, 1.807) is 6.92 Å². The lowest BCUT2D eigenvalue weighted by Crippen LogP contribution is -2.44. The maximum Gasteiger partial charge on any atom is 0.322 e. The molecule has 0 aliphatic carbocycles. The number of rotatable bonds is 3. The van der Waals surface area contributed by atoms with Crippen molar-refractivity contribution in [3.05, 3.63) is 34.3 Å². The number of hydrogen-bond acceptors (Lipinski definition) is 2. The van der Waals surface area contributed by atoms with Crippen LogP contribution in [0.5, 0.6) is 0 Å². The van der Waals surface area contributed by atoms with E-state index in [9.17, 15) is 9.59 Å².